The van der Waals surface area contributed by atoms with Crippen LogP contribution in [0.3, 0.4) is 0 Å². The van der Waals surface area contributed by atoms with Gasteiger partial charge in [0.05, 0.1) is 5.69 Å². The van der Waals surface area contributed by atoms with Crippen molar-refractivity contribution in [2.24, 2.45) is 0 Å². The molecule has 1 aromatic heterocycles. The summed E-state index contributed by atoms with van der Waals surface area (Å²) in [4.78, 5) is 4.26. The van der Waals surface area contributed by atoms with Crippen LogP contribution in [0.1, 0.15) is 5.69 Å². The molecule has 1 heterocycles. The van der Waals surface area contributed by atoms with Crippen LogP contribution >= 0.6 is 0 Å². The highest BCUT2D eigenvalue weighted by Crippen LogP contribution is 2.07. The average Bonchev–Trinajstić information content (AvgIpc) is 2.23. The molecule has 3 heteroatoms. The minimum atomic E-state index is -0.908. The number of hydrogen-bond acceptors (Lipinski definition) is 2. The normalized spacial score (nSPS) is 12.2. The van der Waals surface area contributed by atoms with Crippen molar-refractivity contribution >= 4 is 8.07 Å². The van der Waals surface area contributed by atoms with Crippen molar-refractivity contribution in [2.75, 3.05) is 6.54 Å². The summed E-state index contributed by atoms with van der Waals surface area (Å²) in [6, 6.07) is 7.26. The number of aromatic nitrogens is 1. The lowest BCUT2D eigenvalue weighted by atomic mass is 10.3. The molecule has 0 aromatic carbocycles. The van der Waals surface area contributed by atoms with Crippen LogP contribution in [-0.4, -0.2) is 19.6 Å². The van der Waals surface area contributed by atoms with Crippen LogP contribution in [-0.2, 0) is 6.54 Å². The third-order valence-electron chi connectivity index (χ3n) is 2.19. The SMILES string of the molecule is C[Si](C)(C)CC=CCNCc1ccccn1. The molecular weight excluding hydrogens is 212 g/mol. The fraction of sp³-hybridized carbons (Fsp3) is 0.462. The van der Waals surface area contributed by atoms with E-state index in [0.717, 1.165) is 18.8 Å². The first-order valence-electron chi connectivity index (χ1n) is 5.83. The van der Waals surface area contributed by atoms with Gasteiger partial charge in [-0.15, -0.1) is 0 Å². The molecule has 88 valence electrons. The van der Waals surface area contributed by atoms with Crippen molar-refractivity contribution in [1.29, 1.82) is 0 Å². The predicted octanol–water partition coefficient (Wildman–Crippen LogP) is 3.07. The van der Waals surface area contributed by atoms with Crippen LogP contribution in [0.5, 0.6) is 0 Å². The summed E-state index contributed by atoms with van der Waals surface area (Å²) < 4.78 is 0. The maximum Gasteiger partial charge on any atom is 0.0541 e. The van der Waals surface area contributed by atoms with Gasteiger partial charge in [0, 0.05) is 27.4 Å². The predicted molar refractivity (Wildman–Crippen MR) is 73.2 cm³/mol. The van der Waals surface area contributed by atoms with Gasteiger partial charge in [0.1, 0.15) is 0 Å². The van der Waals surface area contributed by atoms with Crippen molar-refractivity contribution in [1.82, 2.24) is 10.3 Å². The maximum atomic E-state index is 4.26. The first kappa shape index (κ1) is 13.1. The zero-order valence-corrected chi connectivity index (χ0v) is 11.5. The Morgan fingerprint density at radius 1 is 1.25 bits per heavy atom. The lowest BCUT2D eigenvalue weighted by molar-refractivity contribution is 0.740. The number of pyridine rings is 1. The molecule has 1 rings (SSSR count). The van der Waals surface area contributed by atoms with Gasteiger partial charge in [-0.1, -0.05) is 37.9 Å². The van der Waals surface area contributed by atoms with Gasteiger partial charge in [-0.25, -0.2) is 0 Å². The van der Waals surface area contributed by atoms with Gasteiger partial charge in [-0.05, 0) is 18.2 Å². The van der Waals surface area contributed by atoms with Crippen LogP contribution in [0.15, 0.2) is 36.5 Å². The fourth-order valence-electron chi connectivity index (χ4n) is 1.31. The molecule has 0 fully saturated rings. The molecule has 2 nitrogen and oxygen atoms in total. The second-order valence-corrected chi connectivity index (χ2v) is 10.7. The first-order chi connectivity index (χ1) is 7.58. The van der Waals surface area contributed by atoms with Crippen LogP contribution in [0.2, 0.25) is 25.7 Å². The third kappa shape index (κ3) is 6.53. The summed E-state index contributed by atoms with van der Waals surface area (Å²) in [5, 5.41) is 3.35. The standard InChI is InChI=1S/C13H22N2Si/c1-16(2,3)11-7-6-9-14-12-13-8-4-5-10-15-13/h4-8,10,14H,9,11-12H2,1-3H3. The summed E-state index contributed by atoms with van der Waals surface area (Å²) in [5.74, 6) is 0. The van der Waals surface area contributed by atoms with Crippen molar-refractivity contribution in [3.05, 3.63) is 42.2 Å². The average molecular weight is 234 g/mol. The van der Waals surface area contributed by atoms with Crippen molar-refractivity contribution in [3.63, 3.8) is 0 Å². The van der Waals surface area contributed by atoms with E-state index in [0.29, 0.717) is 0 Å². The lowest BCUT2D eigenvalue weighted by Crippen LogP contribution is -2.18. The topological polar surface area (TPSA) is 24.9 Å². The second-order valence-electron chi connectivity index (χ2n) is 5.19. The smallest absolute Gasteiger partial charge is 0.0541 e. The Balaban J connectivity index is 2.13. The highest BCUT2D eigenvalue weighted by atomic mass is 28.3. The molecule has 0 saturated carbocycles. The lowest BCUT2D eigenvalue weighted by Gasteiger charge is -2.11. The van der Waals surface area contributed by atoms with Gasteiger partial charge >= 0.3 is 0 Å². The Bertz CT molecular complexity index is 314. The molecule has 0 spiro atoms. The molecule has 0 amide bonds. The van der Waals surface area contributed by atoms with Crippen LogP contribution in [0.25, 0.3) is 0 Å². The molecule has 0 saturated heterocycles. The zero-order valence-electron chi connectivity index (χ0n) is 10.5. The third-order valence-corrected chi connectivity index (χ3v) is 3.65. The Kier molecular flexibility index (Phi) is 5.42. The first-order valence-corrected chi connectivity index (χ1v) is 9.54. The number of nitrogens with zero attached hydrogens (tertiary/aromatic N) is 1. The molecule has 1 N–H and O–H groups in total. The van der Waals surface area contributed by atoms with E-state index in [1.807, 2.05) is 24.4 Å². The number of allylic oxidation sites excluding steroid dienone is 1. The zero-order chi connectivity index (χ0) is 11.9. The summed E-state index contributed by atoms with van der Waals surface area (Å²) in [5.41, 5.74) is 1.10. The van der Waals surface area contributed by atoms with Gasteiger partial charge in [0.25, 0.3) is 0 Å². The molecular formula is C13H22N2Si. The molecule has 0 atom stereocenters. The molecule has 0 radical (unpaired) electrons. The van der Waals surface area contributed by atoms with Gasteiger partial charge in [-0.2, -0.15) is 0 Å². The largest absolute Gasteiger partial charge is 0.308 e. The van der Waals surface area contributed by atoms with Gasteiger partial charge < -0.3 is 5.32 Å². The van der Waals surface area contributed by atoms with Crippen LogP contribution < -0.4 is 5.32 Å². The van der Waals surface area contributed by atoms with E-state index in [2.05, 4.69) is 42.1 Å². The van der Waals surface area contributed by atoms with Crippen LogP contribution in [0, 0.1) is 0 Å². The summed E-state index contributed by atoms with van der Waals surface area (Å²) in [6.07, 6.45) is 6.36. The Hall–Kier alpha value is -0.933. The van der Waals surface area contributed by atoms with E-state index >= 15 is 0 Å². The van der Waals surface area contributed by atoms with Gasteiger partial charge in [-0.3, -0.25) is 4.98 Å². The van der Waals surface area contributed by atoms with E-state index in [9.17, 15) is 0 Å². The van der Waals surface area contributed by atoms with Crippen molar-refractivity contribution < 1.29 is 0 Å². The highest BCUT2D eigenvalue weighted by Gasteiger charge is 2.08. The fourth-order valence-corrected chi connectivity index (χ4v) is 2.18. The molecule has 0 unspecified atom stereocenters. The van der Waals surface area contributed by atoms with Gasteiger partial charge in [0.15, 0.2) is 0 Å². The highest BCUT2D eigenvalue weighted by molar-refractivity contribution is 6.76. The van der Waals surface area contributed by atoms with E-state index in [4.69, 9.17) is 0 Å². The number of hydrogen-bond donors (Lipinski definition) is 1. The monoisotopic (exact) mass is 234 g/mol. The van der Waals surface area contributed by atoms with E-state index < -0.39 is 8.07 Å². The minimum Gasteiger partial charge on any atom is -0.308 e. The van der Waals surface area contributed by atoms with E-state index in [1.54, 1.807) is 0 Å². The molecule has 0 aliphatic rings. The van der Waals surface area contributed by atoms with Crippen molar-refractivity contribution in [3.8, 4) is 0 Å². The number of nitrogens with one attached hydrogen (secondary N) is 1. The summed E-state index contributed by atoms with van der Waals surface area (Å²) in [7, 11) is -0.908. The summed E-state index contributed by atoms with van der Waals surface area (Å²) in [6.45, 7) is 8.94. The Morgan fingerprint density at radius 3 is 2.69 bits per heavy atom. The summed E-state index contributed by atoms with van der Waals surface area (Å²) >= 11 is 0. The Labute approximate surface area is 99.8 Å². The maximum absolute atomic E-state index is 4.26. The molecule has 1 aromatic rings. The van der Waals surface area contributed by atoms with Gasteiger partial charge in [0.2, 0.25) is 0 Å². The second kappa shape index (κ2) is 6.61. The van der Waals surface area contributed by atoms with E-state index in [1.165, 1.54) is 6.04 Å². The molecule has 0 aliphatic heterocycles. The van der Waals surface area contributed by atoms with E-state index in [-0.39, 0.29) is 0 Å². The molecule has 0 aliphatic carbocycles. The van der Waals surface area contributed by atoms with Crippen molar-refractivity contribution in [2.45, 2.75) is 32.2 Å². The van der Waals surface area contributed by atoms with Crippen LogP contribution in [0.4, 0.5) is 0 Å². The quantitative estimate of drug-likeness (QED) is 0.465. The molecule has 16 heavy (non-hydrogen) atoms. The number of rotatable bonds is 6. The Morgan fingerprint density at radius 2 is 2.06 bits per heavy atom. The minimum absolute atomic E-state index is 0.845. The molecule has 0 bridgehead atoms.